The van der Waals surface area contributed by atoms with Gasteiger partial charge in [-0.15, -0.1) is 0 Å². The molecule has 0 aromatic carbocycles. The normalized spacial score (nSPS) is 28.4. The molecule has 0 atom stereocenters. The van der Waals surface area contributed by atoms with Gasteiger partial charge in [-0.3, -0.25) is 14.9 Å². The van der Waals surface area contributed by atoms with Crippen molar-refractivity contribution in [2.75, 3.05) is 0 Å². The summed E-state index contributed by atoms with van der Waals surface area (Å²) < 4.78 is 38.8. The van der Waals surface area contributed by atoms with Crippen LogP contribution in [0, 0.1) is 5.41 Å². The summed E-state index contributed by atoms with van der Waals surface area (Å²) in [6.45, 7) is 0. The summed E-state index contributed by atoms with van der Waals surface area (Å²) in [5.41, 5.74) is -3.82. The highest BCUT2D eigenvalue weighted by Crippen LogP contribution is 2.58. The van der Waals surface area contributed by atoms with E-state index < -0.39 is 35.0 Å². The van der Waals surface area contributed by atoms with Crippen molar-refractivity contribution >= 4 is 17.8 Å². The van der Waals surface area contributed by atoms with Crippen LogP contribution in [-0.4, -0.2) is 34.5 Å². The minimum atomic E-state index is -4.66. The maximum atomic E-state index is 12.9. The van der Waals surface area contributed by atoms with Gasteiger partial charge in [0.25, 0.3) is 0 Å². The molecule has 2 aliphatic carbocycles. The van der Waals surface area contributed by atoms with Gasteiger partial charge >= 0.3 is 12.2 Å². The fourth-order valence-corrected chi connectivity index (χ4v) is 2.38. The molecule has 0 bridgehead atoms. The van der Waals surface area contributed by atoms with E-state index in [0.29, 0.717) is 0 Å². The molecule has 3 fully saturated rings. The van der Waals surface area contributed by atoms with Crippen LogP contribution in [0.3, 0.4) is 0 Å². The van der Waals surface area contributed by atoms with Crippen molar-refractivity contribution in [2.45, 2.75) is 37.4 Å². The Kier molecular flexibility index (Phi) is 1.83. The van der Waals surface area contributed by atoms with Crippen LogP contribution in [0.15, 0.2) is 0 Å². The molecular formula is C10H9F3N2O3. The maximum absolute atomic E-state index is 12.9. The lowest BCUT2D eigenvalue weighted by molar-refractivity contribution is -0.196. The number of carbonyl (C=O) groups is 3. The topological polar surface area (TPSA) is 66.5 Å². The van der Waals surface area contributed by atoms with Crippen LogP contribution in [0.2, 0.25) is 0 Å². The third kappa shape index (κ3) is 1.15. The molecule has 2 saturated carbocycles. The van der Waals surface area contributed by atoms with Crippen molar-refractivity contribution in [1.82, 2.24) is 10.2 Å². The number of alkyl halides is 3. The van der Waals surface area contributed by atoms with Crippen LogP contribution < -0.4 is 5.32 Å². The SMILES string of the molecule is O=C1NC(=O)C2(CC2)C(=O)N1C1(C(F)(F)F)CC1. The predicted octanol–water partition coefficient (Wildman–Crippen LogP) is 0.940. The van der Waals surface area contributed by atoms with Gasteiger partial charge < -0.3 is 0 Å². The van der Waals surface area contributed by atoms with E-state index in [9.17, 15) is 27.6 Å². The first kappa shape index (κ1) is 11.5. The molecular weight excluding hydrogens is 253 g/mol. The molecule has 0 aromatic heterocycles. The smallest absolute Gasteiger partial charge is 0.277 e. The number of barbiturate groups is 1. The van der Waals surface area contributed by atoms with Gasteiger partial charge in [-0.1, -0.05) is 0 Å². The number of urea groups is 1. The van der Waals surface area contributed by atoms with Crippen molar-refractivity contribution in [3.63, 3.8) is 0 Å². The zero-order valence-electron chi connectivity index (χ0n) is 9.13. The minimum absolute atomic E-state index is 0.204. The number of carbonyl (C=O) groups excluding carboxylic acids is 3. The number of halogens is 3. The number of hydrogen-bond donors (Lipinski definition) is 1. The molecule has 0 aromatic rings. The van der Waals surface area contributed by atoms with Gasteiger partial charge in [0.1, 0.15) is 11.0 Å². The molecule has 5 nitrogen and oxygen atoms in total. The average molecular weight is 262 g/mol. The lowest BCUT2D eigenvalue weighted by Crippen LogP contribution is -2.65. The zero-order chi connectivity index (χ0) is 13.3. The number of rotatable bonds is 1. The number of hydrogen-bond acceptors (Lipinski definition) is 3. The van der Waals surface area contributed by atoms with E-state index in [1.807, 2.05) is 5.32 Å². The van der Waals surface area contributed by atoms with Crippen molar-refractivity contribution in [3.8, 4) is 0 Å². The lowest BCUT2D eigenvalue weighted by Gasteiger charge is -2.37. The summed E-state index contributed by atoms with van der Waals surface area (Å²) in [6, 6.07) is -1.25. The van der Waals surface area contributed by atoms with Crippen LogP contribution in [0.4, 0.5) is 18.0 Å². The largest absolute Gasteiger partial charge is 0.412 e. The summed E-state index contributed by atoms with van der Waals surface area (Å²) in [7, 11) is 0. The summed E-state index contributed by atoms with van der Waals surface area (Å²) in [5, 5.41) is 1.86. The van der Waals surface area contributed by atoms with Crippen molar-refractivity contribution in [1.29, 1.82) is 0 Å². The molecule has 0 radical (unpaired) electrons. The van der Waals surface area contributed by atoms with E-state index in [2.05, 4.69) is 0 Å². The Bertz CT molecular complexity index is 477. The summed E-state index contributed by atoms with van der Waals surface area (Å²) >= 11 is 0. The molecule has 1 aliphatic heterocycles. The summed E-state index contributed by atoms with van der Waals surface area (Å²) in [4.78, 5) is 35.2. The van der Waals surface area contributed by atoms with E-state index in [1.165, 1.54) is 0 Å². The van der Waals surface area contributed by atoms with E-state index in [1.54, 1.807) is 0 Å². The number of nitrogens with zero attached hydrogens (tertiary/aromatic N) is 1. The first-order valence-corrected chi connectivity index (χ1v) is 5.51. The molecule has 98 valence electrons. The second kappa shape index (κ2) is 2.86. The quantitative estimate of drug-likeness (QED) is 0.715. The Morgan fingerprint density at radius 2 is 1.61 bits per heavy atom. The zero-order valence-corrected chi connectivity index (χ0v) is 9.13. The second-order valence-corrected chi connectivity index (χ2v) is 5.01. The highest BCUT2D eigenvalue weighted by molar-refractivity contribution is 6.21. The average Bonchev–Trinajstić information content (AvgIpc) is 3.10. The predicted molar refractivity (Wildman–Crippen MR) is 50.1 cm³/mol. The van der Waals surface area contributed by atoms with Crippen LogP contribution in [0.5, 0.6) is 0 Å². The lowest BCUT2D eigenvalue weighted by atomic mass is 9.99. The van der Waals surface area contributed by atoms with Crippen molar-refractivity contribution in [3.05, 3.63) is 0 Å². The standard InChI is InChI=1S/C10H9F3N2O3/c11-10(12,13)9(3-4-9)15-6(17)8(1-2-8)5(16)14-7(15)18/h1-4H2,(H,14,16,18). The molecule has 1 N–H and O–H groups in total. The molecule has 1 heterocycles. The Morgan fingerprint density at radius 1 is 1.06 bits per heavy atom. The minimum Gasteiger partial charge on any atom is -0.277 e. The van der Waals surface area contributed by atoms with Crippen LogP contribution in [-0.2, 0) is 9.59 Å². The number of nitrogens with one attached hydrogen (secondary N) is 1. The van der Waals surface area contributed by atoms with Crippen molar-refractivity contribution in [2.24, 2.45) is 5.41 Å². The third-order valence-electron chi connectivity index (χ3n) is 3.90. The summed E-state index contributed by atoms with van der Waals surface area (Å²) in [6.07, 6.45) is -4.83. The molecule has 1 spiro atoms. The monoisotopic (exact) mass is 262 g/mol. The number of amides is 4. The van der Waals surface area contributed by atoms with Gasteiger partial charge in [0.2, 0.25) is 11.8 Å². The Labute approximate surface area is 99.3 Å². The van der Waals surface area contributed by atoms with Gasteiger partial charge in [-0.2, -0.15) is 13.2 Å². The molecule has 4 amide bonds. The highest BCUT2D eigenvalue weighted by atomic mass is 19.4. The summed E-state index contributed by atoms with van der Waals surface area (Å²) in [5.74, 6) is -1.77. The van der Waals surface area contributed by atoms with E-state index in [4.69, 9.17) is 0 Å². The molecule has 0 unspecified atom stereocenters. The molecule has 3 aliphatic rings. The van der Waals surface area contributed by atoms with Gasteiger partial charge in [0, 0.05) is 0 Å². The number of imide groups is 2. The van der Waals surface area contributed by atoms with Crippen LogP contribution in [0.1, 0.15) is 25.7 Å². The molecule has 8 heteroatoms. The van der Waals surface area contributed by atoms with E-state index >= 15 is 0 Å². The third-order valence-corrected chi connectivity index (χ3v) is 3.90. The molecule has 18 heavy (non-hydrogen) atoms. The fraction of sp³-hybridized carbons (Fsp3) is 0.700. The van der Waals surface area contributed by atoms with Gasteiger partial charge in [0.15, 0.2) is 0 Å². The maximum Gasteiger partial charge on any atom is 0.412 e. The van der Waals surface area contributed by atoms with Gasteiger partial charge in [0.05, 0.1) is 0 Å². The first-order chi connectivity index (χ1) is 8.25. The Hall–Kier alpha value is -1.60. The Morgan fingerprint density at radius 3 is 2.00 bits per heavy atom. The molecule has 1 saturated heterocycles. The Balaban J connectivity index is 2.00. The fourth-order valence-electron chi connectivity index (χ4n) is 2.38. The van der Waals surface area contributed by atoms with Gasteiger partial charge in [-0.05, 0) is 25.7 Å². The van der Waals surface area contributed by atoms with E-state index in [0.717, 1.165) is 0 Å². The van der Waals surface area contributed by atoms with Crippen LogP contribution >= 0.6 is 0 Å². The molecule has 3 rings (SSSR count). The van der Waals surface area contributed by atoms with Gasteiger partial charge in [-0.25, -0.2) is 9.69 Å². The van der Waals surface area contributed by atoms with Crippen LogP contribution in [0.25, 0.3) is 0 Å². The highest BCUT2D eigenvalue weighted by Gasteiger charge is 2.74. The first-order valence-electron chi connectivity index (χ1n) is 5.51. The van der Waals surface area contributed by atoms with Crippen molar-refractivity contribution < 1.29 is 27.6 Å². The second-order valence-electron chi connectivity index (χ2n) is 5.01. The van der Waals surface area contributed by atoms with E-state index in [-0.39, 0.29) is 30.6 Å².